The van der Waals surface area contributed by atoms with Gasteiger partial charge in [0.25, 0.3) is 0 Å². The maximum absolute atomic E-state index is 4.77. The van der Waals surface area contributed by atoms with Crippen molar-refractivity contribution in [3.63, 3.8) is 0 Å². The molecule has 2 aromatic heterocycles. The second-order valence-corrected chi connectivity index (χ2v) is 14.0. The Kier molecular flexibility index (Phi) is 7.39. The Morgan fingerprint density at radius 1 is 0.559 bits per heavy atom. The molecule has 0 saturated carbocycles. The second kappa shape index (κ2) is 9.98. The van der Waals surface area contributed by atoms with Crippen molar-refractivity contribution in [2.45, 2.75) is 13.8 Å². The van der Waals surface area contributed by atoms with Gasteiger partial charge in [0.15, 0.2) is 0 Å². The molecule has 34 heavy (non-hydrogen) atoms. The summed E-state index contributed by atoms with van der Waals surface area (Å²) >= 11 is -2.23. The zero-order valence-electron chi connectivity index (χ0n) is 19.2. The summed E-state index contributed by atoms with van der Waals surface area (Å²) in [6, 6.07) is 31.3. The molecule has 0 nitrogen and oxygen atoms in total. The van der Waals surface area contributed by atoms with Crippen molar-refractivity contribution in [3.05, 3.63) is 96.1 Å². The molecule has 0 N–H and O–H groups in total. The van der Waals surface area contributed by atoms with E-state index in [2.05, 4.69) is 113 Å². The van der Waals surface area contributed by atoms with Crippen molar-refractivity contribution in [3.8, 4) is 0 Å². The zero-order chi connectivity index (χ0) is 21.8. The van der Waals surface area contributed by atoms with Crippen molar-refractivity contribution in [1.29, 1.82) is 0 Å². The molecule has 0 fully saturated rings. The van der Waals surface area contributed by atoms with Gasteiger partial charge in [0.1, 0.15) is 0 Å². The fourth-order valence-corrected chi connectivity index (χ4v) is 8.89. The smallest absolute Gasteiger partial charge is 1.00 e. The number of rotatable bonds is 2. The van der Waals surface area contributed by atoms with Crippen LogP contribution in [-0.2, 0) is 21.3 Å². The Morgan fingerprint density at radius 2 is 0.971 bits per heavy atom. The maximum atomic E-state index is 4.77. The van der Waals surface area contributed by atoms with E-state index >= 15 is 0 Å². The first-order valence-corrected chi connectivity index (χ1v) is 15.3. The van der Waals surface area contributed by atoms with Crippen molar-refractivity contribution in [1.82, 2.24) is 0 Å². The maximum Gasteiger partial charge on any atom is -1.00 e. The quantitative estimate of drug-likeness (QED) is 0.256. The minimum atomic E-state index is -2.23. The number of aryl methyl sites for hydroxylation is 2. The van der Waals surface area contributed by atoms with Gasteiger partial charge in [0.2, 0.25) is 0 Å². The van der Waals surface area contributed by atoms with Crippen LogP contribution in [0.1, 0.15) is 11.1 Å². The average molecular weight is 554 g/mol. The van der Waals surface area contributed by atoms with Crippen molar-refractivity contribution < 1.29 is 46.1 Å². The Balaban J connectivity index is 0.00000137. The van der Waals surface area contributed by atoms with Crippen LogP contribution in [0.25, 0.3) is 42.9 Å². The number of benzene rings is 4. The van der Waals surface area contributed by atoms with E-state index in [1.54, 1.807) is 0 Å². The predicted octanol–water partition coefficient (Wildman–Crippen LogP) is -0.399. The molecule has 2 heterocycles. The second-order valence-electron chi connectivity index (χ2n) is 8.80. The summed E-state index contributed by atoms with van der Waals surface area (Å²) in [6.45, 7) is 9.36. The molecule has 0 aliphatic heterocycles. The molecule has 0 aliphatic carbocycles. The molecule has 0 unspecified atom stereocenters. The van der Waals surface area contributed by atoms with Gasteiger partial charge in [0.05, 0.1) is 0 Å². The average Bonchev–Trinajstić information content (AvgIpc) is 2.84. The number of hydrogen-bond acceptors (Lipinski definition) is 0. The molecule has 0 amide bonds. The SMILES string of the molecule is [CH2]=[Zr+2]([c]1bc2c(C)c3ccccc3cc2cc1)[c]1bc2c(C)c3ccccc3cc2cc1.[Cl-].[Cl-]. The van der Waals surface area contributed by atoms with E-state index in [4.69, 9.17) is 4.21 Å². The molecule has 0 spiro atoms. The molecule has 0 atom stereocenters. The molecule has 0 aliphatic rings. The van der Waals surface area contributed by atoms with Crippen LogP contribution in [0.2, 0.25) is 0 Å². The molecule has 0 radical (unpaired) electrons. The molecule has 0 bridgehead atoms. The third-order valence-electron chi connectivity index (χ3n) is 6.96. The molecule has 162 valence electrons. The third kappa shape index (κ3) is 4.17. The fraction of sp³-hybridized carbons (Fsp3) is 0.0690. The van der Waals surface area contributed by atoms with Crippen LogP contribution in [0.4, 0.5) is 0 Å². The van der Waals surface area contributed by atoms with Gasteiger partial charge >= 0.3 is 198 Å². The fourth-order valence-electron chi connectivity index (χ4n) is 5.11. The Labute approximate surface area is 221 Å². The minimum Gasteiger partial charge on any atom is -1.00 e. The van der Waals surface area contributed by atoms with E-state index in [1.165, 1.54) is 60.3 Å². The number of halogens is 2. The van der Waals surface area contributed by atoms with Crippen molar-refractivity contribution in [2.24, 2.45) is 0 Å². The third-order valence-corrected chi connectivity index (χ3v) is 11.9. The monoisotopic (exact) mass is 552 g/mol. The van der Waals surface area contributed by atoms with Crippen molar-refractivity contribution >= 4 is 67.2 Å². The standard InChI is InChI=1S/2C14H10B.CH2.2ClH.Zr/c2*1-10-13-7-3-2-5-11(13)9-12-6-4-8-15-14(10)12;;;;/h2*2-7,9H,1H3;1H2;2*1H;/q;;;;;+2/p-2. The summed E-state index contributed by atoms with van der Waals surface area (Å²) < 4.78 is 7.68. The molecule has 6 rings (SSSR count). The van der Waals surface area contributed by atoms with E-state index in [9.17, 15) is 0 Å². The van der Waals surface area contributed by atoms with Gasteiger partial charge in [-0.3, -0.25) is 0 Å². The minimum absolute atomic E-state index is 0. The van der Waals surface area contributed by atoms with E-state index in [0.717, 1.165) is 0 Å². The molecule has 5 heteroatoms. The van der Waals surface area contributed by atoms with E-state index in [-0.39, 0.29) is 24.8 Å². The van der Waals surface area contributed by atoms with Gasteiger partial charge in [-0.15, -0.1) is 0 Å². The molecular weight excluding hydrogens is 532 g/mol. The van der Waals surface area contributed by atoms with Gasteiger partial charge in [-0.05, 0) is 0 Å². The molecule has 0 saturated heterocycles. The first kappa shape index (κ1) is 25.2. The summed E-state index contributed by atoms with van der Waals surface area (Å²) in [5.74, 6) is 0. The van der Waals surface area contributed by atoms with Crippen LogP contribution < -0.4 is 31.1 Å². The molecule has 6 aromatic rings. The van der Waals surface area contributed by atoms with Crippen LogP contribution in [-0.4, -0.2) is 18.0 Å². The first-order chi connectivity index (χ1) is 15.6. The molecule has 4 aromatic carbocycles. The topological polar surface area (TPSA) is 0 Å². The van der Waals surface area contributed by atoms with Crippen LogP contribution in [0.5, 0.6) is 0 Å². The first-order valence-electron chi connectivity index (χ1n) is 11.1. The van der Waals surface area contributed by atoms with E-state index in [1.807, 2.05) is 0 Å². The van der Waals surface area contributed by atoms with E-state index < -0.39 is 21.3 Å². The van der Waals surface area contributed by atoms with Gasteiger partial charge < -0.3 is 24.8 Å². The summed E-state index contributed by atoms with van der Waals surface area (Å²) in [5.41, 5.74) is 2.74. The Bertz CT molecular complexity index is 1600. The van der Waals surface area contributed by atoms with Crippen LogP contribution in [0.15, 0.2) is 84.9 Å². The van der Waals surface area contributed by atoms with Gasteiger partial charge in [-0.25, -0.2) is 0 Å². The summed E-state index contributed by atoms with van der Waals surface area (Å²) in [6.07, 6.45) is 0. The Hall–Kier alpha value is -1.92. The predicted molar refractivity (Wildman–Crippen MR) is 141 cm³/mol. The van der Waals surface area contributed by atoms with Gasteiger partial charge in [0, 0.05) is 0 Å². The summed E-state index contributed by atoms with van der Waals surface area (Å²) in [4.78, 5) is 0. The largest absolute Gasteiger partial charge is 1.00 e. The summed E-state index contributed by atoms with van der Waals surface area (Å²) in [7, 11) is 0. The number of hydrogen-bond donors (Lipinski definition) is 0. The van der Waals surface area contributed by atoms with Crippen molar-refractivity contribution in [2.75, 3.05) is 0 Å². The summed E-state index contributed by atoms with van der Waals surface area (Å²) in [5, 5.41) is 10.7. The Morgan fingerprint density at radius 3 is 1.41 bits per heavy atom. The van der Waals surface area contributed by atoms with Gasteiger partial charge in [-0.1, -0.05) is 0 Å². The van der Waals surface area contributed by atoms with E-state index in [0.29, 0.717) is 0 Å². The zero-order valence-corrected chi connectivity index (χ0v) is 23.2. The van der Waals surface area contributed by atoms with Crippen LogP contribution in [0, 0.1) is 13.8 Å². The van der Waals surface area contributed by atoms with Gasteiger partial charge in [-0.2, -0.15) is 0 Å². The van der Waals surface area contributed by atoms with Crippen LogP contribution >= 0.6 is 0 Å². The molecular formula is C29H22B2Cl2Zr. The normalized spacial score (nSPS) is 10.4. The number of fused-ring (bicyclic) bond motifs is 4. The van der Waals surface area contributed by atoms with Crippen LogP contribution in [0.3, 0.4) is 0 Å².